The van der Waals surface area contributed by atoms with Gasteiger partial charge in [-0.25, -0.2) is 4.68 Å². The fraction of sp³-hybridized carbons (Fsp3) is 0.158. The molecule has 0 amide bonds. The third kappa shape index (κ3) is 3.30. The largest absolute Gasteiger partial charge is 0.372 e. The van der Waals surface area contributed by atoms with Crippen LogP contribution in [-0.2, 0) is 18.0 Å². The van der Waals surface area contributed by atoms with Crippen molar-refractivity contribution in [2.24, 2.45) is 5.10 Å². The lowest BCUT2D eigenvalue weighted by Crippen LogP contribution is -2.04. The number of nitro groups is 1. The molecule has 1 N–H and O–H groups in total. The second-order valence-electron chi connectivity index (χ2n) is 6.18. The molecule has 2 aromatic carbocycles. The minimum Gasteiger partial charge on any atom is -0.372 e. The average Bonchev–Trinajstić information content (AvgIpc) is 3.26. The number of nitrogens with zero attached hydrogens (tertiary/aromatic N) is 4. The van der Waals surface area contributed by atoms with E-state index in [-0.39, 0.29) is 11.5 Å². The number of anilines is 1. The maximum absolute atomic E-state index is 11.5. The lowest BCUT2D eigenvalue weighted by atomic mass is 10.1. The standard InChI is InChI=1S/C19H17N5O3/c1-13-18(24(25)26)19(23(22-13)17-5-3-2-4-6-17)21-20-10-14-7-8-15-11-27-12-16(15)9-14/h2-10,21H,11-12H2,1H3/b20-10+. The molecule has 27 heavy (non-hydrogen) atoms. The Balaban J connectivity index is 1.65. The maximum atomic E-state index is 11.5. The first kappa shape index (κ1) is 16.9. The van der Waals surface area contributed by atoms with E-state index in [1.165, 1.54) is 10.2 Å². The van der Waals surface area contributed by atoms with Gasteiger partial charge in [0.2, 0.25) is 5.82 Å². The second-order valence-corrected chi connectivity index (χ2v) is 6.18. The van der Waals surface area contributed by atoms with Crippen molar-refractivity contribution in [2.75, 3.05) is 5.43 Å². The van der Waals surface area contributed by atoms with Crippen molar-refractivity contribution in [1.82, 2.24) is 9.78 Å². The van der Waals surface area contributed by atoms with E-state index in [2.05, 4.69) is 15.6 Å². The van der Waals surface area contributed by atoms with Crippen molar-refractivity contribution in [2.45, 2.75) is 20.1 Å². The predicted octanol–water partition coefficient (Wildman–Crippen LogP) is 3.57. The maximum Gasteiger partial charge on any atom is 0.335 e. The number of hydrogen-bond acceptors (Lipinski definition) is 6. The first-order valence-corrected chi connectivity index (χ1v) is 8.41. The van der Waals surface area contributed by atoms with Gasteiger partial charge in [-0.05, 0) is 41.8 Å². The minimum atomic E-state index is -0.452. The van der Waals surface area contributed by atoms with Crippen molar-refractivity contribution in [1.29, 1.82) is 0 Å². The Morgan fingerprint density at radius 2 is 2.00 bits per heavy atom. The summed E-state index contributed by atoms with van der Waals surface area (Å²) < 4.78 is 6.89. The van der Waals surface area contributed by atoms with Gasteiger partial charge in [0, 0.05) is 0 Å². The smallest absolute Gasteiger partial charge is 0.335 e. The van der Waals surface area contributed by atoms with Crippen molar-refractivity contribution >= 4 is 17.7 Å². The summed E-state index contributed by atoms with van der Waals surface area (Å²) >= 11 is 0. The molecule has 0 spiro atoms. The third-order valence-corrected chi connectivity index (χ3v) is 4.34. The zero-order valence-electron chi connectivity index (χ0n) is 14.6. The van der Waals surface area contributed by atoms with E-state index in [0.717, 1.165) is 11.1 Å². The quantitative estimate of drug-likeness (QED) is 0.425. The lowest BCUT2D eigenvalue weighted by Gasteiger charge is -2.06. The van der Waals surface area contributed by atoms with Gasteiger partial charge >= 0.3 is 5.69 Å². The van der Waals surface area contributed by atoms with Crippen LogP contribution in [0.25, 0.3) is 5.69 Å². The summed E-state index contributed by atoms with van der Waals surface area (Å²) in [6.45, 7) is 2.83. The summed E-state index contributed by atoms with van der Waals surface area (Å²) in [5.41, 5.74) is 6.92. The van der Waals surface area contributed by atoms with Gasteiger partial charge in [-0.1, -0.05) is 30.3 Å². The van der Waals surface area contributed by atoms with Crippen molar-refractivity contribution in [3.63, 3.8) is 0 Å². The van der Waals surface area contributed by atoms with Gasteiger partial charge in [-0.3, -0.25) is 15.5 Å². The number of nitrogens with one attached hydrogen (secondary N) is 1. The van der Waals surface area contributed by atoms with Crippen LogP contribution in [0, 0.1) is 17.0 Å². The predicted molar refractivity (Wildman–Crippen MR) is 101 cm³/mol. The molecular formula is C19H17N5O3. The molecule has 0 fully saturated rings. The molecule has 3 aromatic rings. The number of aryl methyl sites for hydroxylation is 1. The van der Waals surface area contributed by atoms with Crippen molar-refractivity contribution < 1.29 is 9.66 Å². The highest BCUT2D eigenvalue weighted by atomic mass is 16.6. The van der Waals surface area contributed by atoms with Crippen LogP contribution in [0.4, 0.5) is 11.5 Å². The molecule has 0 bridgehead atoms. The molecule has 0 saturated carbocycles. The lowest BCUT2D eigenvalue weighted by molar-refractivity contribution is -0.384. The van der Waals surface area contributed by atoms with Crippen LogP contribution in [0.5, 0.6) is 0 Å². The molecule has 0 unspecified atom stereocenters. The van der Waals surface area contributed by atoms with Gasteiger partial charge in [0.15, 0.2) is 0 Å². The molecule has 0 aliphatic carbocycles. The minimum absolute atomic E-state index is 0.0987. The highest BCUT2D eigenvalue weighted by molar-refractivity contribution is 5.81. The number of rotatable bonds is 5. The molecule has 0 saturated heterocycles. The second kappa shape index (κ2) is 7.00. The fourth-order valence-corrected chi connectivity index (χ4v) is 3.03. The molecule has 8 heteroatoms. The van der Waals surface area contributed by atoms with Crippen LogP contribution < -0.4 is 5.43 Å². The van der Waals surface area contributed by atoms with E-state index < -0.39 is 4.92 Å². The van der Waals surface area contributed by atoms with Crippen LogP contribution in [0.3, 0.4) is 0 Å². The number of aromatic nitrogens is 2. The zero-order chi connectivity index (χ0) is 18.8. The number of hydrazone groups is 1. The molecular weight excluding hydrogens is 346 g/mol. The van der Waals surface area contributed by atoms with Gasteiger partial charge in [-0.2, -0.15) is 10.2 Å². The number of fused-ring (bicyclic) bond motifs is 1. The molecule has 0 radical (unpaired) electrons. The van der Waals surface area contributed by atoms with E-state index >= 15 is 0 Å². The Morgan fingerprint density at radius 3 is 2.78 bits per heavy atom. The molecule has 2 heterocycles. The Bertz CT molecular complexity index is 1030. The molecule has 1 aliphatic heterocycles. The van der Waals surface area contributed by atoms with Gasteiger partial charge in [0.1, 0.15) is 5.69 Å². The zero-order valence-corrected chi connectivity index (χ0v) is 14.6. The molecule has 4 rings (SSSR count). The number of ether oxygens (including phenoxy) is 1. The van der Waals surface area contributed by atoms with Gasteiger partial charge in [0.05, 0.1) is 30.0 Å². The highest BCUT2D eigenvalue weighted by Gasteiger charge is 2.26. The SMILES string of the molecule is Cc1nn(-c2ccccc2)c(N/N=C/c2ccc3c(c2)COC3)c1[N+](=O)[O-]. The van der Waals surface area contributed by atoms with Crippen LogP contribution >= 0.6 is 0 Å². The summed E-state index contributed by atoms with van der Waals surface area (Å²) in [6, 6.07) is 15.2. The number of para-hydroxylation sites is 1. The van der Waals surface area contributed by atoms with Crippen LogP contribution in [0.2, 0.25) is 0 Å². The molecule has 1 aromatic heterocycles. The Kier molecular flexibility index (Phi) is 4.39. The molecule has 0 atom stereocenters. The first-order chi connectivity index (χ1) is 13.1. The Hall–Kier alpha value is -3.52. The molecule has 136 valence electrons. The summed E-state index contributed by atoms with van der Waals surface area (Å²) in [4.78, 5) is 11.0. The summed E-state index contributed by atoms with van der Waals surface area (Å²) in [5.74, 6) is 0.212. The van der Waals surface area contributed by atoms with Gasteiger partial charge < -0.3 is 4.74 Å². The average molecular weight is 363 g/mol. The van der Waals surface area contributed by atoms with Crippen molar-refractivity contribution in [3.8, 4) is 5.69 Å². The van der Waals surface area contributed by atoms with Crippen molar-refractivity contribution in [3.05, 3.63) is 81.0 Å². The fourth-order valence-electron chi connectivity index (χ4n) is 3.03. The number of benzene rings is 2. The normalized spacial score (nSPS) is 13.1. The summed E-state index contributed by atoms with van der Waals surface area (Å²) in [5, 5.41) is 20.0. The first-order valence-electron chi connectivity index (χ1n) is 8.41. The summed E-state index contributed by atoms with van der Waals surface area (Å²) in [7, 11) is 0. The van der Waals surface area contributed by atoms with E-state index in [0.29, 0.717) is 24.6 Å². The van der Waals surface area contributed by atoms with Crippen LogP contribution in [-0.4, -0.2) is 20.9 Å². The van der Waals surface area contributed by atoms with Gasteiger partial charge in [0.25, 0.3) is 0 Å². The molecule has 8 nitrogen and oxygen atoms in total. The number of hydrogen-bond donors (Lipinski definition) is 1. The van der Waals surface area contributed by atoms with Crippen LogP contribution in [0.1, 0.15) is 22.4 Å². The topological polar surface area (TPSA) is 94.6 Å². The van der Waals surface area contributed by atoms with E-state index in [9.17, 15) is 10.1 Å². The Labute approximate surface area is 155 Å². The van der Waals surface area contributed by atoms with E-state index in [4.69, 9.17) is 4.74 Å². The monoisotopic (exact) mass is 363 g/mol. The molecule has 1 aliphatic rings. The van der Waals surface area contributed by atoms with Gasteiger partial charge in [-0.15, -0.1) is 0 Å². The third-order valence-electron chi connectivity index (χ3n) is 4.34. The highest BCUT2D eigenvalue weighted by Crippen LogP contribution is 2.30. The Morgan fingerprint density at radius 1 is 1.22 bits per heavy atom. The van der Waals surface area contributed by atoms with Crippen LogP contribution in [0.15, 0.2) is 53.6 Å². The van der Waals surface area contributed by atoms with E-state index in [1.54, 1.807) is 13.1 Å². The van der Waals surface area contributed by atoms with E-state index in [1.807, 2.05) is 48.5 Å². The summed E-state index contributed by atoms with van der Waals surface area (Å²) in [6.07, 6.45) is 1.62.